The quantitative estimate of drug-likeness (QED) is 0.531. The van der Waals surface area contributed by atoms with Crippen LogP contribution in [0.1, 0.15) is 27.9 Å². The smallest absolute Gasteiger partial charge is 0.378 e. The minimum absolute atomic E-state index is 0.00991. The zero-order chi connectivity index (χ0) is 21.6. The number of anilines is 1. The van der Waals surface area contributed by atoms with E-state index in [-0.39, 0.29) is 12.1 Å². The van der Waals surface area contributed by atoms with E-state index in [0.29, 0.717) is 44.5 Å². The van der Waals surface area contributed by atoms with Gasteiger partial charge in [0.1, 0.15) is 5.01 Å². The van der Waals surface area contributed by atoms with E-state index >= 15 is 0 Å². The fourth-order valence-electron chi connectivity index (χ4n) is 3.15. The van der Waals surface area contributed by atoms with Gasteiger partial charge in [-0.2, -0.15) is 13.2 Å². The maximum absolute atomic E-state index is 13.7. The Labute approximate surface area is 178 Å². The van der Waals surface area contributed by atoms with Gasteiger partial charge >= 0.3 is 6.18 Å². The van der Waals surface area contributed by atoms with Gasteiger partial charge in [0.05, 0.1) is 25.3 Å². The molecule has 1 saturated heterocycles. The molecule has 1 aromatic carbocycles. The van der Waals surface area contributed by atoms with Crippen molar-refractivity contribution < 1.29 is 17.9 Å². The summed E-state index contributed by atoms with van der Waals surface area (Å²) in [5.74, 6) is 0.425. The predicted molar refractivity (Wildman–Crippen MR) is 113 cm³/mol. The molecule has 0 spiro atoms. The SMILES string of the molecule is CCc1cnc(CNC(=NC)NCc2ccc(N3CCOCC3)cc2C(F)(F)F)s1. The Hall–Kier alpha value is -2.33. The van der Waals surface area contributed by atoms with Crippen molar-refractivity contribution in [2.75, 3.05) is 38.3 Å². The van der Waals surface area contributed by atoms with Crippen molar-refractivity contribution >= 4 is 23.0 Å². The molecule has 1 aliphatic rings. The molecule has 2 aromatic rings. The number of aromatic nitrogens is 1. The number of aliphatic imine (C=N–C) groups is 1. The summed E-state index contributed by atoms with van der Waals surface area (Å²) in [5, 5.41) is 6.97. The van der Waals surface area contributed by atoms with Gasteiger partial charge < -0.3 is 20.3 Å². The molecule has 10 heteroatoms. The maximum Gasteiger partial charge on any atom is 0.416 e. The molecule has 0 atom stereocenters. The van der Waals surface area contributed by atoms with Crippen molar-refractivity contribution in [1.29, 1.82) is 0 Å². The lowest BCUT2D eigenvalue weighted by Crippen LogP contribution is -2.37. The van der Waals surface area contributed by atoms with Crippen LogP contribution in [0.4, 0.5) is 18.9 Å². The van der Waals surface area contributed by atoms with E-state index in [2.05, 4.69) is 27.5 Å². The largest absolute Gasteiger partial charge is 0.416 e. The molecule has 0 unspecified atom stereocenters. The van der Waals surface area contributed by atoms with Crippen LogP contribution in [0, 0.1) is 0 Å². The minimum Gasteiger partial charge on any atom is -0.378 e. The number of ether oxygens (including phenoxy) is 1. The van der Waals surface area contributed by atoms with E-state index in [1.807, 2.05) is 11.1 Å². The molecule has 0 saturated carbocycles. The van der Waals surface area contributed by atoms with Crippen molar-refractivity contribution in [2.24, 2.45) is 4.99 Å². The van der Waals surface area contributed by atoms with E-state index in [9.17, 15) is 13.2 Å². The highest BCUT2D eigenvalue weighted by atomic mass is 32.1. The third-order valence-electron chi connectivity index (χ3n) is 4.80. The number of halogens is 3. The van der Waals surface area contributed by atoms with Gasteiger partial charge in [0.25, 0.3) is 0 Å². The van der Waals surface area contributed by atoms with Crippen LogP contribution in [-0.2, 0) is 30.4 Å². The highest BCUT2D eigenvalue weighted by Crippen LogP contribution is 2.35. The van der Waals surface area contributed by atoms with E-state index in [0.717, 1.165) is 11.4 Å². The monoisotopic (exact) mass is 441 g/mol. The number of nitrogens with zero attached hydrogens (tertiary/aromatic N) is 3. The average Bonchev–Trinajstić information content (AvgIpc) is 3.22. The molecule has 2 N–H and O–H groups in total. The summed E-state index contributed by atoms with van der Waals surface area (Å²) in [6, 6.07) is 4.48. The first-order valence-corrected chi connectivity index (χ1v) is 10.6. The Morgan fingerprint density at radius 3 is 2.60 bits per heavy atom. The van der Waals surface area contributed by atoms with Gasteiger partial charge in [-0.05, 0) is 24.1 Å². The zero-order valence-electron chi connectivity index (χ0n) is 17.1. The molecule has 0 amide bonds. The summed E-state index contributed by atoms with van der Waals surface area (Å²) in [6.07, 6.45) is -1.68. The fraction of sp³-hybridized carbons (Fsp3) is 0.500. The molecule has 164 valence electrons. The van der Waals surface area contributed by atoms with Gasteiger partial charge in [0, 0.05) is 43.4 Å². The number of morpholine rings is 1. The number of rotatable bonds is 6. The Morgan fingerprint density at radius 2 is 1.97 bits per heavy atom. The van der Waals surface area contributed by atoms with E-state index < -0.39 is 11.7 Å². The number of hydrogen-bond acceptors (Lipinski definition) is 5. The standard InChI is InChI=1S/C20H26F3N5OS/c1-3-16-12-25-18(30-16)13-27-19(24-2)26-11-14-4-5-15(10-17(14)20(21,22)23)28-6-8-29-9-7-28/h4-5,10,12H,3,6-9,11,13H2,1-2H3,(H2,24,26,27). The van der Waals surface area contributed by atoms with Crippen molar-refractivity contribution in [3.63, 3.8) is 0 Å². The number of aryl methyl sites for hydroxylation is 1. The Bertz CT molecular complexity index is 862. The van der Waals surface area contributed by atoms with Crippen LogP contribution < -0.4 is 15.5 Å². The first-order chi connectivity index (χ1) is 14.4. The van der Waals surface area contributed by atoms with Crippen LogP contribution in [0.3, 0.4) is 0 Å². The lowest BCUT2D eigenvalue weighted by Gasteiger charge is -2.29. The molecule has 6 nitrogen and oxygen atoms in total. The second-order valence-corrected chi connectivity index (χ2v) is 7.99. The highest BCUT2D eigenvalue weighted by Gasteiger charge is 2.34. The third kappa shape index (κ3) is 5.85. The molecule has 1 fully saturated rings. The summed E-state index contributed by atoms with van der Waals surface area (Å²) < 4.78 is 46.3. The van der Waals surface area contributed by atoms with Crippen LogP contribution in [0.5, 0.6) is 0 Å². The van der Waals surface area contributed by atoms with E-state index in [4.69, 9.17) is 4.74 Å². The second kappa shape index (κ2) is 10.1. The summed E-state index contributed by atoms with van der Waals surface area (Å²) in [4.78, 5) is 11.5. The van der Waals surface area contributed by atoms with Crippen LogP contribution in [0.15, 0.2) is 29.4 Å². The summed E-state index contributed by atoms with van der Waals surface area (Å²) in [5.41, 5.74) is 0.0966. The first kappa shape index (κ1) is 22.4. The van der Waals surface area contributed by atoms with Gasteiger partial charge in [-0.3, -0.25) is 4.99 Å². The first-order valence-electron chi connectivity index (χ1n) is 9.81. The molecule has 0 aliphatic carbocycles. The van der Waals surface area contributed by atoms with Crippen LogP contribution in [0.25, 0.3) is 0 Å². The van der Waals surface area contributed by atoms with Crippen LogP contribution in [-0.4, -0.2) is 44.3 Å². The van der Waals surface area contributed by atoms with Crippen molar-refractivity contribution in [2.45, 2.75) is 32.6 Å². The molecular formula is C20H26F3N5OS. The third-order valence-corrected chi connectivity index (χ3v) is 5.94. The van der Waals surface area contributed by atoms with Gasteiger partial charge in [-0.25, -0.2) is 4.98 Å². The lowest BCUT2D eigenvalue weighted by atomic mass is 10.0. The van der Waals surface area contributed by atoms with Gasteiger partial charge in [0.15, 0.2) is 5.96 Å². The Balaban J connectivity index is 1.66. The lowest BCUT2D eigenvalue weighted by molar-refractivity contribution is -0.138. The number of alkyl halides is 3. The van der Waals surface area contributed by atoms with Gasteiger partial charge in [-0.15, -0.1) is 11.3 Å². The maximum atomic E-state index is 13.7. The molecule has 0 bridgehead atoms. The number of guanidine groups is 1. The number of benzene rings is 1. The molecular weight excluding hydrogens is 415 g/mol. The van der Waals surface area contributed by atoms with Crippen molar-refractivity contribution in [1.82, 2.24) is 15.6 Å². The predicted octanol–water partition coefficient (Wildman–Crippen LogP) is 3.43. The summed E-state index contributed by atoms with van der Waals surface area (Å²) in [7, 11) is 1.58. The normalized spacial score (nSPS) is 15.4. The topological polar surface area (TPSA) is 61.8 Å². The fourth-order valence-corrected chi connectivity index (χ4v) is 3.95. The van der Waals surface area contributed by atoms with Crippen LogP contribution >= 0.6 is 11.3 Å². The highest BCUT2D eigenvalue weighted by molar-refractivity contribution is 7.11. The summed E-state index contributed by atoms with van der Waals surface area (Å²) in [6.45, 7) is 4.75. The summed E-state index contributed by atoms with van der Waals surface area (Å²) >= 11 is 1.60. The van der Waals surface area contributed by atoms with Gasteiger partial charge in [0.2, 0.25) is 0 Å². The van der Waals surface area contributed by atoms with Gasteiger partial charge in [-0.1, -0.05) is 13.0 Å². The van der Waals surface area contributed by atoms with Crippen molar-refractivity contribution in [3.05, 3.63) is 45.4 Å². The van der Waals surface area contributed by atoms with Crippen molar-refractivity contribution in [3.8, 4) is 0 Å². The number of hydrogen-bond donors (Lipinski definition) is 2. The molecule has 30 heavy (non-hydrogen) atoms. The minimum atomic E-state index is -4.44. The molecule has 2 heterocycles. The Morgan fingerprint density at radius 1 is 1.23 bits per heavy atom. The number of nitrogens with one attached hydrogen (secondary N) is 2. The number of thiazole rings is 1. The van der Waals surface area contributed by atoms with E-state index in [1.165, 1.54) is 17.0 Å². The molecule has 1 aliphatic heterocycles. The molecule has 0 radical (unpaired) electrons. The van der Waals surface area contributed by atoms with Crippen LogP contribution in [0.2, 0.25) is 0 Å². The average molecular weight is 442 g/mol. The zero-order valence-corrected chi connectivity index (χ0v) is 17.9. The van der Waals surface area contributed by atoms with E-state index in [1.54, 1.807) is 24.5 Å². The second-order valence-electron chi connectivity index (χ2n) is 6.79. The molecule has 1 aromatic heterocycles. The Kier molecular flexibility index (Phi) is 7.54. The molecule has 3 rings (SSSR count).